The predicted molar refractivity (Wildman–Crippen MR) is 145 cm³/mol. The molecule has 0 unspecified atom stereocenters. The fourth-order valence-corrected chi connectivity index (χ4v) is 4.42. The summed E-state index contributed by atoms with van der Waals surface area (Å²) in [5.74, 6) is -2.12. The molecule has 0 spiro atoms. The van der Waals surface area contributed by atoms with Gasteiger partial charge in [-0.05, 0) is 82.2 Å². The zero-order chi connectivity index (χ0) is 28.2. The number of carbonyl (C=O) groups excluding carboxylic acids is 1. The van der Waals surface area contributed by atoms with E-state index < -0.39 is 29.3 Å². The largest absolute Gasteiger partial charge is 0.478 e. The van der Waals surface area contributed by atoms with Crippen molar-refractivity contribution in [2.45, 2.75) is 12.5 Å². The average Bonchev–Trinajstić information content (AvgIpc) is 3.47. The van der Waals surface area contributed by atoms with Crippen molar-refractivity contribution in [3.63, 3.8) is 0 Å². The van der Waals surface area contributed by atoms with E-state index in [4.69, 9.17) is 16.7 Å². The standard InChI is InChI=1S/C28H20ClFN6O4/c29-20-6-9-24(36-16-31-33-34-36)23(15-20)19-10-11-35(26(37)14-19)25(13-17-2-1-3-21(30)12-17)27(38)32-22-7-4-18(5-8-22)28(39)40/h1-12,14-16,25H,13H2,(H,32,38)(H,39,40)/t25-/m1/s1. The normalized spacial score (nSPS) is 11.7. The van der Waals surface area contributed by atoms with E-state index >= 15 is 0 Å². The Morgan fingerprint density at radius 2 is 1.82 bits per heavy atom. The molecule has 1 atom stereocenters. The van der Waals surface area contributed by atoms with Gasteiger partial charge in [-0.25, -0.2) is 9.18 Å². The summed E-state index contributed by atoms with van der Waals surface area (Å²) in [6.07, 6.45) is 2.92. The maximum atomic E-state index is 13.9. The van der Waals surface area contributed by atoms with Crippen molar-refractivity contribution in [1.82, 2.24) is 24.8 Å². The Bertz CT molecular complexity index is 1760. The van der Waals surface area contributed by atoms with Gasteiger partial charge in [0.25, 0.3) is 5.56 Å². The number of tetrazole rings is 1. The summed E-state index contributed by atoms with van der Waals surface area (Å²) in [5.41, 5.74) is 2.12. The van der Waals surface area contributed by atoms with Gasteiger partial charge in [0.05, 0.1) is 11.3 Å². The maximum absolute atomic E-state index is 13.9. The van der Waals surface area contributed by atoms with Crippen LogP contribution in [0.4, 0.5) is 10.1 Å². The zero-order valence-corrected chi connectivity index (χ0v) is 21.4. The zero-order valence-electron chi connectivity index (χ0n) is 20.6. The van der Waals surface area contributed by atoms with Gasteiger partial charge < -0.3 is 15.0 Å². The van der Waals surface area contributed by atoms with Gasteiger partial charge in [-0.15, -0.1) is 5.10 Å². The first kappa shape index (κ1) is 26.4. The van der Waals surface area contributed by atoms with Gasteiger partial charge in [0, 0.05) is 35.0 Å². The molecule has 200 valence electrons. The fourth-order valence-electron chi connectivity index (χ4n) is 4.25. The third kappa shape index (κ3) is 5.79. The smallest absolute Gasteiger partial charge is 0.335 e. The highest BCUT2D eigenvalue weighted by atomic mass is 35.5. The number of pyridine rings is 1. The van der Waals surface area contributed by atoms with Gasteiger partial charge >= 0.3 is 5.97 Å². The lowest BCUT2D eigenvalue weighted by atomic mass is 10.0. The first-order chi connectivity index (χ1) is 19.3. The van der Waals surface area contributed by atoms with Gasteiger partial charge in [-0.2, -0.15) is 4.68 Å². The number of halogens is 2. The molecule has 0 fully saturated rings. The van der Waals surface area contributed by atoms with Crippen molar-refractivity contribution in [2.75, 3.05) is 5.32 Å². The van der Waals surface area contributed by atoms with E-state index in [0.29, 0.717) is 33.1 Å². The van der Waals surface area contributed by atoms with Crippen molar-refractivity contribution in [3.8, 4) is 16.8 Å². The summed E-state index contributed by atoms with van der Waals surface area (Å²) < 4.78 is 16.6. The molecule has 5 aromatic rings. The Morgan fingerprint density at radius 3 is 2.50 bits per heavy atom. The third-order valence-electron chi connectivity index (χ3n) is 6.17. The lowest BCUT2D eigenvalue weighted by Gasteiger charge is -2.20. The minimum absolute atomic E-state index is 0.0170. The summed E-state index contributed by atoms with van der Waals surface area (Å²) >= 11 is 6.24. The SMILES string of the molecule is O=C(O)c1ccc(NC(=O)[C@@H](Cc2cccc(F)c2)n2ccc(-c3cc(Cl)ccc3-n3cnnn3)cc2=O)cc1. The Morgan fingerprint density at radius 1 is 1.02 bits per heavy atom. The Balaban J connectivity index is 1.52. The predicted octanol–water partition coefficient (Wildman–Crippen LogP) is 4.40. The molecule has 0 aliphatic carbocycles. The second-order valence-electron chi connectivity index (χ2n) is 8.80. The highest BCUT2D eigenvalue weighted by Gasteiger charge is 2.23. The first-order valence-electron chi connectivity index (χ1n) is 11.9. The van der Waals surface area contributed by atoms with E-state index in [2.05, 4.69) is 20.8 Å². The minimum Gasteiger partial charge on any atom is -0.478 e. The van der Waals surface area contributed by atoms with Crippen LogP contribution in [-0.4, -0.2) is 41.8 Å². The number of nitrogens with one attached hydrogen (secondary N) is 1. The van der Waals surface area contributed by atoms with Crippen LogP contribution < -0.4 is 10.9 Å². The molecule has 3 aromatic carbocycles. The Kier molecular flexibility index (Phi) is 7.47. The van der Waals surface area contributed by atoms with Crippen LogP contribution in [0, 0.1) is 5.82 Å². The monoisotopic (exact) mass is 558 g/mol. The summed E-state index contributed by atoms with van der Waals surface area (Å²) in [5, 5.41) is 23.5. The second kappa shape index (κ2) is 11.3. The molecule has 0 aliphatic rings. The summed E-state index contributed by atoms with van der Waals surface area (Å²) in [7, 11) is 0. The molecule has 0 radical (unpaired) electrons. The molecule has 2 N–H and O–H groups in total. The summed E-state index contributed by atoms with van der Waals surface area (Å²) in [6.45, 7) is 0. The van der Waals surface area contributed by atoms with E-state index in [-0.39, 0.29) is 12.0 Å². The molecule has 2 aromatic heterocycles. The van der Waals surface area contributed by atoms with E-state index in [1.165, 1.54) is 70.3 Å². The van der Waals surface area contributed by atoms with Crippen LogP contribution in [-0.2, 0) is 11.2 Å². The number of benzene rings is 3. The van der Waals surface area contributed by atoms with E-state index in [1.807, 2.05) is 0 Å². The molecule has 10 nitrogen and oxygen atoms in total. The van der Waals surface area contributed by atoms with E-state index in [9.17, 15) is 18.8 Å². The number of amides is 1. The molecule has 12 heteroatoms. The molecule has 0 aliphatic heterocycles. The van der Waals surface area contributed by atoms with Crippen LogP contribution in [0.3, 0.4) is 0 Å². The second-order valence-corrected chi connectivity index (χ2v) is 9.23. The topological polar surface area (TPSA) is 132 Å². The van der Waals surface area contributed by atoms with Crippen molar-refractivity contribution >= 4 is 29.2 Å². The number of aromatic carboxylic acids is 1. The maximum Gasteiger partial charge on any atom is 0.335 e. The molecular formula is C28H20ClFN6O4. The minimum atomic E-state index is -1.10. The third-order valence-corrected chi connectivity index (χ3v) is 6.40. The molecule has 5 rings (SSSR count). The van der Waals surface area contributed by atoms with Crippen LogP contribution in [0.25, 0.3) is 16.8 Å². The summed E-state index contributed by atoms with van der Waals surface area (Å²) in [6, 6.07) is 18.4. The van der Waals surface area contributed by atoms with Crippen molar-refractivity contribution in [1.29, 1.82) is 0 Å². The van der Waals surface area contributed by atoms with Gasteiger partial charge in [0.1, 0.15) is 18.2 Å². The van der Waals surface area contributed by atoms with Crippen LogP contribution >= 0.6 is 11.6 Å². The Hall–Kier alpha value is -5.16. The quantitative estimate of drug-likeness (QED) is 0.288. The number of carboxylic acids is 1. The molecule has 0 saturated heterocycles. The molecule has 0 bridgehead atoms. The molecule has 2 heterocycles. The molecule has 1 amide bonds. The Labute approximate surface area is 231 Å². The highest BCUT2D eigenvalue weighted by Crippen LogP contribution is 2.29. The first-order valence-corrected chi connectivity index (χ1v) is 12.3. The van der Waals surface area contributed by atoms with E-state index in [1.54, 1.807) is 30.3 Å². The van der Waals surface area contributed by atoms with Crippen LogP contribution in [0.5, 0.6) is 0 Å². The molecule has 0 saturated carbocycles. The number of rotatable bonds is 8. The molecule has 40 heavy (non-hydrogen) atoms. The number of aromatic nitrogens is 5. The van der Waals surface area contributed by atoms with Crippen molar-refractivity contribution in [3.05, 3.63) is 124 Å². The van der Waals surface area contributed by atoms with Crippen molar-refractivity contribution < 1.29 is 19.1 Å². The number of hydrogen-bond acceptors (Lipinski definition) is 6. The van der Waals surface area contributed by atoms with Gasteiger partial charge in [-0.1, -0.05) is 23.7 Å². The van der Waals surface area contributed by atoms with Crippen molar-refractivity contribution in [2.24, 2.45) is 0 Å². The van der Waals surface area contributed by atoms with Gasteiger partial charge in [-0.3, -0.25) is 9.59 Å². The van der Waals surface area contributed by atoms with Crippen LogP contribution in [0.2, 0.25) is 5.02 Å². The van der Waals surface area contributed by atoms with Crippen LogP contribution in [0.15, 0.2) is 96.2 Å². The fraction of sp³-hybridized carbons (Fsp3) is 0.0714. The molecular weight excluding hydrogens is 539 g/mol. The van der Waals surface area contributed by atoms with Gasteiger partial charge in [0.2, 0.25) is 5.91 Å². The lowest BCUT2D eigenvalue weighted by molar-refractivity contribution is -0.119. The number of nitrogens with zero attached hydrogens (tertiary/aromatic N) is 5. The average molecular weight is 559 g/mol. The van der Waals surface area contributed by atoms with E-state index in [0.717, 1.165) is 0 Å². The number of hydrogen-bond donors (Lipinski definition) is 2. The highest BCUT2D eigenvalue weighted by molar-refractivity contribution is 6.31. The number of anilines is 1. The number of carbonyl (C=O) groups is 2. The van der Waals surface area contributed by atoms with Crippen LogP contribution in [0.1, 0.15) is 22.0 Å². The lowest BCUT2D eigenvalue weighted by Crippen LogP contribution is -2.34. The summed E-state index contributed by atoms with van der Waals surface area (Å²) in [4.78, 5) is 38.1. The van der Waals surface area contributed by atoms with Gasteiger partial charge in [0.15, 0.2) is 0 Å². The number of carboxylic acid groups (broad SMARTS) is 1.